The van der Waals surface area contributed by atoms with Crippen molar-refractivity contribution >= 4 is 5.65 Å². The number of hydrogen-bond donors (Lipinski definition) is 1. The van der Waals surface area contributed by atoms with Crippen LogP contribution in [0.4, 0.5) is 0 Å². The number of fused-ring (bicyclic) bond motifs is 1. The van der Waals surface area contributed by atoms with Crippen molar-refractivity contribution < 1.29 is 4.74 Å². The highest BCUT2D eigenvalue weighted by Crippen LogP contribution is 2.21. The smallest absolute Gasteiger partial charge is 0.233 e. The number of hydrogen-bond acceptors (Lipinski definition) is 6. The Labute approximate surface area is 104 Å². The van der Waals surface area contributed by atoms with Gasteiger partial charge in [0.2, 0.25) is 5.88 Å². The largest absolute Gasteiger partial charge is 0.472 e. The van der Waals surface area contributed by atoms with Crippen LogP contribution in [0.3, 0.4) is 0 Å². The van der Waals surface area contributed by atoms with Gasteiger partial charge in [-0.2, -0.15) is 0 Å². The van der Waals surface area contributed by atoms with Gasteiger partial charge in [0.05, 0.1) is 0 Å². The molecule has 1 aliphatic carbocycles. The molecule has 1 fully saturated rings. The van der Waals surface area contributed by atoms with E-state index in [9.17, 15) is 0 Å². The monoisotopic (exact) mass is 248 g/mol. The van der Waals surface area contributed by atoms with Gasteiger partial charge in [-0.3, -0.25) is 0 Å². The van der Waals surface area contributed by atoms with Gasteiger partial charge >= 0.3 is 0 Å². The van der Waals surface area contributed by atoms with E-state index in [0.29, 0.717) is 11.5 Å². The molecule has 0 saturated heterocycles. The fourth-order valence-corrected chi connectivity index (χ4v) is 2.30. The quantitative estimate of drug-likeness (QED) is 0.781. The van der Waals surface area contributed by atoms with Gasteiger partial charge < -0.3 is 10.5 Å². The highest BCUT2D eigenvalue weighted by molar-refractivity contribution is 5.34. The van der Waals surface area contributed by atoms with E-state index in [1.54, 1.807) is 12.1 Å². The van der Waals surface area contributed by atoms with E-state index in [-0.39, 0.29) is 12.1 Å². The van der Waals surface area contributed by atoms with Crippen LogP contribution in [0.1, 0.15) is 32.1 Å². The van der Waals surface area contributed by atoms with Gasteiger partial charge in [-0.15, -0.1) is 14.8 Å². The molecule has 0 spiro atoms. The topological polar surface area (TPSA) is 91.2 Å². The number of aromatic nitrogens is 5. The molecule has 2 atom stereocenters. The Morgan fingerprint density at radius 3 is 3.06 bits per heavy atom. The Balaban J connectivity index is 1.77. The Morgan fingerprint density at radius 1 is 1.22 bits per heavy atom. The van der Waals surface area contributed by atoms with E-state index >= 15 is 0 Å². The molecule has 7 heteroatoms. The van der Waals surface area contributed by atoms with E-state index in [4.69, 9.17) is 10.5 Å². The van der Waals surface area contributed by atoms with Crippen LogP contribution in [0.5, 0.6) is 5.88 Å². The van der Waals surface area contributed by atoms with Gasteiger partial charge in [0.1, 0.15) is 6.10 Å². The molecule has 3 rings (SSSR count). The lowest BCUT2D eigenvalue weighted by atomic mass is 10.1. The third-order valence-corrected chi connectivity index (χ3v) is 3.32. The zero-order valence-electron chi connectivity index (χ0n) is 10.1. The minimum atomic E-state index is 0.0360. The molecule has 1 aliphatic rings. The van der Waals surface area contributed by atoms with Crippen LogP contribution in [0.25, 0.3) is 5.65 Å². The third kappa shape index (κ3) is 2.26. The van der Waals surface area contributed by atoms with E-state index < -0.39 is 0 Å². The lowest BCUT2D eigenvalue weighted by molar-refractivity contribution is 0.153. The summed E-state index contributed by atoms with van der Waals surface area (Å²) < 4.78 is 7.23. The molecular weight excluding hydrogens is 232 g/mol. The Morgan fingerprint density at radius 2 is 2.11 bits per heavy atom. The molecule has 2 heterocycles. The van der Waals surface area contributed by atoms with Gasteiger partial charge in [-0.05, 0) is 35.8 Å². The highest BCUT2D eigenvalue weighted by Gasteiger charge is 2.22. The first-order valence-electron chi connectivity index (χ1n) is 6.30. The summed E-state index contributed by atoms with van der Waals surface area (Å²) >= 11 is 0. The first-order chi connectivity index (χ1) is 8.83. The lowest BCUT2D eigenvalue weighted by Gasteiger charge is -2.21. The Hall–Kier alpha value is -1.76. The molecule has 2 aromatic rings. The number of rotatable bonds is 2. The molecule has 96 valence electrons. The first-order valence-corrected chi connectivity index (χ1v) is 6.30. The Kier molecular flexibility index (Phi) is 3.06. The normalized spacial score (nSPS) is 24.9. The average molecular weight is 248 g/mol. The fourth-order valence-electron chi connectivity index (χ4n) is 2.30. The number of tetrazole rings is 1. The van der Waals surface area contributed by atoms with Crippen molar-refractivity contribution in [1.29, 1.82) is 0 Å². The number of ether oxygens (including phenoxy) is 1. The van der Waals surface area contributed by atoms with Crippen molar-refractivity contribution in [2.75, 3.05) is 0 Å². The molecule has 0 radical (unpaired) electrons. The van der Waals surface area contributed by atoms with Crippen molar-refractivity contribution in [3.63, 3.8) is 0 Å². The minimum Gasteiger partial charge on any atom is -0.472 e. The van der Waals surface area contributed by atoms with Crippen LogP contribution in [-0.4, -0.2) is 37.4 Å². The van der Waals surface area contributed by atoms with Gasteiger partial charge in [0.25, 0.3) is 0 Å². The molecule has 2 aromatic heterocycles. The number of nitrogens with two attached hydrogens (primary N) is 1. The molecule has 0 bridgehead atoms. The zero-order valence-corrected chi connectivity index (χ0v) is 10.1. The van der Waals surface area contributed by atoms with Crippen molar-refractivity contribution in [3.05, 3.63) is 12.1 Å². The van der Waals surface area contributed by atoms with Gasteiger partial charge in [0.15, 0.2) is 5.65 Å². The minimum absolute atomic E-state index is 0.0360. The van der Waals surface area contributed by atoms with E-state index in [1.807, 2.05) is 0 Å². The van der Waals surface area contributed by atoms with Crippen molar-refractivity contribution in [2.24, 2.45) is 5.73 Å². The maximum absolute atomic E-state index is 6.12. The highest BCUT2D eigenvalue weighted by atomic mass is 16.5. The van der Waals surface area contributed by atoms with E-state index in [1.165, 1.54) is 17.5 Å². The summed E-state index contributed by atoms with van der Waals surface area (Å²) in [7, 11) is 0. The first kappa shape index (κ1) is 11.3. The lowest BCUT2D eigenvalue weighted by Crippen LogP contribution is -2.38. The summed E-state index contributed by atoms with van der Waals surface area (Å²) in [6.07, 6.45) is 5.60. The second-order valence-electron chi connectivity index (χ2n) is 4.66. The summed E-state index contributed by atoms with van der Waals surface area (Å²) in [5.74, 6) is 0.525. The van der Waals surface area contributed by atoms with Crippen LogP contribution in [-0.2, 0) is 0 Å². The van der Waals surface area contributed by atoms with Gasteiger partial charge in [-0.25, -0.2) is 0 Å². The van der Waals surface area contributed by atoms with Gasteiger partial charge in [0, 0.05) is 12.1 Å². The molecule has 7 nitrogen and oxygen atoms in total. The van der Waals surface area contributed by atoms with Crippen LogP contribution in [0, 0.1) is 0 Å². The fraction of sp³-hybridized carbons (Fsp3) is 0.636. The average Bonchev–Trinajstić information content (AvgIpc) is 2.75. The SMILES string of the molecule is NC1CCCCCC1Oc1ccc2nnnn2n1. The summed E-state index contributed by atoms with van der Waals surface area (Å²) in [6.45, 7) is 0. The van der Waals surface area contributed by atoms with E-state index in [2.05, 4.69) is 20.6 Å². The van der Waals surface area contributed by atoms with Gasteiger partial charge in [-0.1, -0.05) is 12.8 Å². The predicted molar refractivity (Wildman–Crippen MR) is 64.1 cm³/mol. The molecule has 0 amide bonds. The molecule has 2 unspecified atom stereocenters. The van der Waals surface area contributed by atoms with Crippen molar-refractivity contribution in [2.45, 2.75) is 44.2 Å². The standard InChI is InChI=1S/C11H16N6O/c12-8-4-2-1-3-5-9(8)18-11-7-6-10-13-15-16-17(10)14-11/h6-9H,1-5,12H2. The van der Waals surface area contributed by atoms with E-state index in [0.717, 1.165) is 19.3 Å². The molecule has 2 N–H and O–H groups in total. The van der Waals surface area contributed by atoms with Crippen LogP contribution >= 0.6 is 0 Å². The molecule has 18 heavy (non-hydrogen) atoms. The predicted octanol–water partition coefficient (Wildman–Crippen LogP) is 0.558. The zero-order chi connectivity index (χ0) is 12.4. The van der Waals surface area contributed by atoms with Crippen LogP contribution in [0.15, 0.2) is 12.1 Å². The summed E-state index contributed by atoms with van der Waals surface area (Å²) in [4.78, 5) is 0. The molecular formula is C11H16N6O. The van der Waals surface area contributed by atoms with Crippen molar-refractivity contribution in [3.8, 4) is 5.88 Å². The summed E-state index contributed by atoms with van der Waals surface area (Å²) in [6, 6.07) is 3.65. The third-order valence-electron chi connectivity index (χ3n) is 3.32. The van der Waals surface area contributed by atoms with Crippen LogP contribution < -0.4 is 10.5 Å². The maximum atomic E-state index is 6.12. The Bertz CT molecular complexity index is 527. The summed E-state index contributed by atoms with van der Waals surface area (Å²) in [5, 5.41) is 15.3. The number of nitrogens with zero attached hydrogens (tertiary/aromatic N) is 5. The molecule has 0 aromatic carbocycles. The van der Waals surface area contributed by atoms with Crippen molar-refractivity contribution in [1.82, 2.24) is 25.3 Å². The molecule has 0 aliphatic heterocycles. The second-order valence-corrected chi connectivity index (χ2v) is 4.66. The summed E-state index contributed by atoms with van der Waals surface area (Å²) in [5.41, 5.74) is 6.72. The second kappa shape index (κ2) is 4.85. The molecule has 1 saturated carbocycles. The maximum Gasteiger partial charge on any atom is 0.233 e. The van der Waals surface area contributed by atoms with Crippen LogP contribution in [0.2, 0.25) is 0 Å².